The Balaban J connectivity index is 1.62. The molecule has 1 amide bonds. The SMILES string of the molecule is COc1ccc2[nH]cc(CCN3C(=O)C(=O)C(=C(O)c4cccc([N+](=O)[O-])c4)[C@@H]3c3ccccc3[N+](=O)[O-])c2c1. The van der Waals surface area contributed by atoms with Gasteiger partial charge in [0.15, 0.2) is 0 Å². The lowest BCUT2D eigenvalue weighted by Gasteiger charge is -2.25. The Morgan fingerprint density at radius 3 is 2.52 bits per heavy atom. The van der Waals surface area contributed by atoms with Gasteiger partial charge in [0.05, 0.1) is 34.1 Å². The van der Waals surface area contributed by atoms with Gasteiger partial charge in [-0.2, -0.15) is 0 Å². The fraction of sp³-hybridized carbons (Fsp3) is 0.143. The number of nitrogens with one attached hydrogen (secondary N) is 1. The highest BCUT2D eigenvalue weighted by atomic mass is 16.6. The number of nitro benzene ring substituents is 2. The van der Waals surface area contributed by atoms with Crippen molar-refractivity contribution in [2.75, 3.05) is 13.7 Å². The molecule has 12 heteroatoms. The zero-order valence-corrected chi connectivity index (χ0v) is 21.1. The number of H-pyrrole nitrogens is 1. The number of aromatic nitrogens is 1. The summed E-state index contributed by atoms with van der Waals surface area (Å²) in [4.78, 5) is 52.9. The molecule has 1 saturated heterocycles. The number of carbonyl (C=O) groups is 2. The van der Waals surface area contributed by atoms with Crippen molar-refractivity contribution in [3.05, 3.63) is 115 Å². The van der Waals surface area contributed by atoms with Crippen LogP contribution in [0.2, 0.25) is 0 Å². The summed E-state index contributed by atoms with van der Waals surface area (Å²) in [5.41, 5.74) is 0.533. The lowest BCUT2D eigenvalue weighted by Crippen LogP contribution is -2.32. The molecule has 1 aliphatic heterocycles. The van der Waals surface area contributed by atoms with Crippen molar-refractivity contribution in [1.82, 2.24) is 9.88 Å². The number of Topliss-reactive ketones (excluding diaryl/α,β-unsaturated/α-hetero) is 1. The average Bonchev–Trinajstić information content (AvgIpc) is 3.48. The van der Waals surface area contributed by atoms with Gasteiger partial charge in [-0.05, 0) is 36.2 Å². The number of fused-ring (bicyclic) bond motifs is 1. The van der Waals surface area contributed by atoms with Crippen LogP contribution >= 0.6 is 0 Å². The van der Waals surface area contributed by atoms with Gasteiger partial charge >= 0.3 is 0 Å². The molecule has 1 aromatic heterocycles. The molecule has 2 heterocycles. The number of non-ortho nitro benzene ring substituents is 1. The quantitative estimate of drug-likeness (QED) is 0.106. The van der Waals surface area contributed by atoms with E-state index in [1.165, 1.54) is 47.4 Å². The summed E-state index contributed by atoms with van der Waals surface area (Å²) >= 11 is 0. The number of hydrogen-bond acceptors (Lipinski definition) is 8. The highest BCUT2D eigenvalue weighted by molar-refractivity contribution is 6.46. The second-order valence-corrected chi connectivity index (χ2v) is 9.09. The second kappa shape index (κ2) is 10.3. The van der Waals surface area contributed by atoms with Gasteiger partial charge in [-0.25, -0.2) is 0 Å². The number of benzene rings is 3. The Bertz CT molecular complexity index is 1720. The summed E-state index contributed by atoms with van der Waals surface area (Å²) in [5.74, 6) is -2.03. The lowest BCUT2D eigenvalue weighted by atomic mass is 9.94. The highest BCUT2D eigenvalue weighted by Crippen LogP contribution is 2.43. The van der Waals surface area contributed by atoms with E-state index in [2.05, 4.69) is 4.98 Å². The van der Waals surface area contributed by atoms with Crippen LogP contribution in [0.1, 0.15) is 22.7 Å². The van der Waals surface area contributed by atoms with Crippen molar-refractivity contribution in [2.24, 2.45) is 0 Å². The molecule has 2 N–H and O–H groups in total. The topological polar surface area (TPSA) is 169 Å². The molecule has 202 valence electrons. The van der Waals surface area contributed by atoms with E-state index < -0.39 is 33.3 Å². The molecular weight excluding hydrogens is 520 g/mol. The molecule has 4 aromatic rings. The van der Waals surface area contributed by atoms with Crippen LogP contribution in [0.3, 0.4) is 0 Å². The minimum Gasteiger partial charge on any atom is -0.507 e. The molecule has 0 radical (unpaired) electrons. The first-order valence-corrected chi connectivity index (χ1v) is 12.1. The summed E-state index contributed by atoms with van der Waals surface area (Å²) in [6, 6.07) is 14.8. The fourth-order valence-corrected chi connectivity index (χ4v) is 4.97. The number of ether oxygens (including phenoxy) is 1. The van der Waals surface area contributed by atoms with E-state index in [0.29, 0.717) is 5.75 Å². The predicted molar refractivity (Wildman–Crippen MR) is 144 cm³/mol. The van der Waals surface area contributed by atoms with E-state index in [9.17, 15) is 34.9 Å². The fourth-order valence-electron chi connectivity index (χ4n) is 4.97. The molecule has 12 nitrogen and oxygen atoms in total. The predicted octanol–water partition coefficient (Wildman–Crippen LogP) is 4.66. The molecule has 40 heavy (non-hydrogen) atoms. The molecular formula is C28H22N4O8. The number of nitrogens with zero attached hydrogens (tertiary/aromatic N) is 3. The normalized spacial score (nSPS) is 16.4. The molecule has 0 bridgehead atoms. The maximum atomic E-state index is 13.3. The number of methoxy groups -OCH3 is 1. The third-order valence-corrected chi connectivity index (χ3v) is 6.90. The van der Waals surface area contributed by atoms with Gasteiger partial charge < -0.3 is 19.7 Å². The first kappa shape index (κ1) is 26.1. The van der Waals surface area contributed by atoms with Crippen molar-refractivity contribution in [1.29, 1.82) is 0 Å². The number of carbonyl (C=O) groups excluding carboxylic acids is 2. The van der Waals surface area contributed by atoms with Crippen LogP contribution in [0.25, 0.3) is 16.7 Å². The zero-order chi connectivity index (χ0) is 28.6. The molecule has 0 unspecified atom stereocenters. The Hall–Kier alpha value is -5.52. The molecule has 0 spiro atoms. The number of rotatable bonds is 8. The van der Waals surface area contributed by atoms with E-state index >= 15 is 0 Å². The molecule has 0 aliphatic carbocycles. The summed E-state index contributed by atoms with van der Waals surface area (Å²) in [7, 11) is 1.54. The first-order chi connectivity index (χ1) is 19.2. The Labute approximate surface area is 226 Å². The second-order valence-electron chi connectivity index (χ2n) is 9.09. The van der Waals surface area contributed by atoms with Gasteiger partial charge in [0.25, 0.3) is 23.1 Å². The number of hydrogen-bond donors (Lipinski definition) is 2. The maximum absolute atomic E-state index is 13.3. The smallest absolute Gasteiger partial charge is 0.295 e. The summed E-state index contributed by atoms with van der Waals surface area (Å²) in [6.45, 7) is -0.0167. The number of para-hydroxylation sites is 1. The number of aromatic amines is 1. The van der Waals surface area contributed by atoms with Crippen LogP contribution in [0, 0.1) is 20.2 Å². The van der Waals surface area contributed by atoms with Crippen molar-refractivity contribution in [2.45, 2.75) is 12.5 Å². The Kier molecular flexibility index (Phi) is 6.74. The largest absolute Gasteiger partial charge is 0.507 e. The van der Waals surface area contributed by atoms with E-state index in [4.69, 9.17) is 4.74 Å². The van der Waals surface area contributed by atoms with Crippen LogP contribution < -0.4 is 4.74 Å². The Morgan fingerprint density at radius 2 is 1.80 bits per heavy atom. The van der Waals surface area contributed by atoms with E-state index in [1.54, 1.807) is 19.4 Å². The number of ketones is 1. The van der Waals surface area contributed by atoms with Crippen molar-refractivity contribution in [3.8, 4) is 5.75 Å². The number of aliphatic hydroxyl groups excluding tert-OH is 1. The van der Waals surface area contributed by atoms with E-state index in [1.807, 2.05) is 12.1 Å². The van der Waals surface area contributed by atoms with Crippen LogP contribution in [-0.2, 0) is 16.0 Å². The summed E-state index contributed by atoms with van der Waals surface area (Å²) in [5, 5.41) is 35.3. The van der Waals surface area contributed by atoms with Crippen molar-refractivity contribution in [3.63, 3.8) is 0 Å². The van der Waals surface area contributed by atoms with E-state index in [0.717, 1.165) is 22.5 Å². The number of aliphatic hydroxyl groups is 1. The van der Waals surface area contributed by atoms with Crippen LogP contribution in [0.5, 0.6) is 5.75 Å². The number of amides is 1. The minimum absolute atomic E-state index is 0.0167. The first-order valence-electron chi connectivity index (χ1n) is 12.1. The molecule has 1 aliphatic rings. The molecule has 5 rings (SSSR count). The summed E-state index contributed by atoms with van der Waals surface area (Å²) < 4.78 is 5.31. The molecule has 1 atom stereocenters. The number of likely N-dealkylation sites (tertiary alicyclic amines) is 1. The van der Waals surface area contributed by atoms with Gasteiger partial charge in [-0.15, -0.1) is 0 Å². The maximum Gasteiger partial charge on any atom is 0.295 e. The summed E-state index contributed by atoms with van der Waals surface area (Å²) in [6.07, 6.45) is 2.04. The lowest BCUT2D eigenvalue weighted by molar-refractivity contribution is -0.385. The Morgan fingerprint density at radius 1 is 1.02 bits per heavy atom. The van der Waals surface area contributed by atoms with Gasteiger partial charge in [-0.1, -0.05) is 24.3 Å². The standard InChI is InChI=1S/C28H22N4O8/c1-40-19-9-10-22-21(14-19)17(15-29-22)11-12-30-25(20-7-2-3-8-23(20)32(38)39)24(27(34)28(30)35)26(33)16-5-4-6-18(13-16)31(36)37/h2-10,13-15,25,29,33H,11-12H2,1H3/t25-/m0/s1. The minimum atomic E-state index is -1.30. The number of nitro groups is 2. The zero-order valence-electron chi connectivity index (χ0n) is 21.1. The van der Waals surface area contributed by atoms with Crippen molar-refractivity contribution < 1.29 is 29.3 Å². The third-order valence-electron chi connectivity index (χ3n) is 6.90. The van der Waals surface area contributed by atoms with Crippen LogP contribution in [-0.4, -0.2) is 50.2 Å². The van der Waals surface area contributed by atoms with Gasteiger partial charge in [-0.3, -0.25) is 29.8 Å². The van der Waals surface area contributed by atoms with Gasteiger partial charge in [0.1, 0.15) is 11.5 Å². The monoisotopic (exact) mass is 542 g/mol. The third kappa shape index (κ3) is 4.51. The average molecular weight is 543 g/mol. The van der Waals surface area contributed by atoms with Crippen LogP contribution in [0.4, 0.5) is 11.4 Å². The van der Waals surface area contributed by atoms with Gasteiger partial charge in [0, 0.05) is 47.4 Å². The highest BCUT2D eigenvalue weighted by Gasteiger charge is 2.48. The molecule has 1 fully saturated rings. The van der Waals surface area contributed by atoms with Gasteiger partial charge in [0.2, 0.25) is 0 Å². The van der Waals surface area contributed by atoms with Crippen molar-refractivity contribution >= 4 is 39.7 Å². The molecule has 3 aromatic carbocycles. The van der Waals surface area contributed by atoms with Crippen LogP contribution in [0.15, 0.2) is 78.5 Å². The van der Waals surface area contributed by atoms with E-state index in [-0.39, 0.29) is 41.0 Å². The molecule has 0 saturated carbocycles.